The molecule has 0 aliphatic heterocycles. The average molecular weight is 538 g/mol. The van der Waals surface area contributed by atoms with Crippen LogP contribution in [0.4, 0.5) is 26.3 Å². The Morgan fingerprint density at radius 2 is 1.64 bits per heavy atom. The molecule has 0 saturated carbocycles. The number of carbonyl (C=O) groups excluding carboxylic acids is 1. The van der Waals surface area contributed by atoms with E-state index in [0.29, 0.717) is 6.08 Å². The molecule has 0 bridgehead atoms. The molecule has 0 spiro atoms. The normalized spacial score (nSPS) is 14.9. The van der Waals surface area contributed by atoms with Crippen LogP contribution in [0.1, 0.15) is 55.4 Å². The van der Waals surface area contributed by atoms with Gasteiger partial charge in [0.05, 0.1) is 16.4 Å². The van der Waals surface area contributed by atoms with E-state index in [-0.39, 0.29) is 33.4 Å². The number of allylic oxidation sites excluding steroid dienone is 3. The van der Waals surface area contributed by atoms with Crippen molar-refractivity contribution < 1.29 is 39.6 Å². The van der Waals surface area contributed by atoms with Crippen LogP contribution in [0.2, 0.25) is 0 Å². The maximum atomic E-state index is 13.3. The molecule has 0 N–H and O–H groups in total. The molecule has 2 heterocycles. The predicted molar refractivity (Wildman–Crippen MR) is 125 cm³/mol. The number of hydrogen-bond acceptors (Lipinski definition) is 4. The maximum Gasteiger partial charge on any atom is 0.431 e. The number of alkyl halides is 6. The average Bonchev–Trinajstić information content (AvgIpc) is 3.20. The van der Waals surface area contributed by atoms with Gasteiger partial charge in [-0.15, -0.1) is 0 Å². The molecule has 0 atom stereocenters. The highest BCUT2D eigenvalue weighted by atomic mass is 32.2. The number of imidazole rings is 1. The SMILES string of the molecule is C=c1cc(C(F)(F)F)n(C)/c1=C/C(=C(\C)c1nc(/C=C(\C)C(F)(F)F)c(C(C)=O)n1C)S(=O)(=O)CC. The minimum absolute atomic E-state index is 0.0691. The van der Waals surface area contributed by atoms with Crippen LogP contribution < -0.4 is 10.6 Å². The summed E-state index contributed by atoms with van der Waals surface area (Å²) in [5.74, 6) is -1.18. The summed E-state index contributed by atoms with van der Waals surface area (Å²) in [5.41, 5.74) is -2.67. The van der Waals surface area contributed by atoms with Crippen molar-refractivity contribution in [2.45, 2.75) is 40.0 Å². The van der Waals surface area contributed by atoms with E-state index in [1.807, 2.05) is 0 Å². The van der Waals surface area contributed by atoms with Gasteiger partial charge in [-0.25, -0.2) is 13.4 Å². The molecule has 198 valence electrons. The van der Waals surface area contributed by atoms with Crippen molar-refractivity contribution in [3.05, 3.63) is 50.0 Å². The fourth-order valence-corrected chi connectivity index (χ4v) is 4.78. The van der Waals surface area contributed by atoms with Crippen LogP contribution in [-0.2, 0) is 30.1 Å². The number of ketones is 1. The van der Waals surface area contributed by atoms with Crippen LogP contribution in [0.3, 0.4) is 0 Å². The van der Waals surface area contributed by atoms with Gasteiger partial charge in [-0.3, -0.25) is 4.79 Å². The highest BCUT2D eigenvalue weighted by Gasteiger charge is 2.34. The van der Waals surface area contributed by atoms with Gasteiger partial charge in [0.1, 0.15) is 17.2 Å². The third-order valence-corrected chi connectivity index (χ3v) is 7.45. The van der Waals surface area contributed by atoms with Crippen molar-refractivity contribution >= 4 is 39.9 Å². The summed E-state index contributed by atoms with van der Waals surface area (Å²) in [5, 5.41) is -0.224. The van der Waals surface area contributed by atoms with Gasteiger partial charge in [0.15, 0.2) is 15.6 Å². The Hall–Kier alpha value is -3.09. The standard InChI is InChI=1S/C23H25F6N3O3S/c1-8-36(34,35)18(11-17-12(2)9-19(31(17)6)23(27,28)29)14(4)21-30-16(10-13(3)22(24,25)26)20(15(5)33)32(21)7/h9-11H,2,8H2,1,3-7H3/b13-10+,17-11+,18-14-. The molecule has 2 aromatic rings. The number of carbonyl (C=O) groups is 1. The van der Waals surface area contributed by atoms with Crippen LogP contribution in [0.25, 0.3) is 24.3 Å². The van der Waals surface area contributed by atoms with Crippen LogP contribution in [0.5, 0.6) is 0 Å². The van der Waals surface area contributed by atoms with E-state index in [1.165, 1.54) is 20.9 Å². The molecule has 0 fully saturated rings. The molecule has 13 heteroatoms. The molecule has 0 radical (unpaired) electrons. The van der Waals surface area contributed by atoms with E-state index in [4.69, 9.17) is 0 Å². The van der Waals surface area contributed by atoms with Gasteiger partial charge < -0.3 is 9.13 Å². The number of halogens is 6. The molecule has 6 nitrogen and oxygen atoms in total. The van der Waals surface area contributed by atoms with Gasteiger partial charge in [0.2, 0.25) is 0 Å². The van der Waals surface area contributed by atoms with Gasteiger partial charge in [0.25, 0.3) is 0 Å². The molecule has 36 heavy (non-hydrogen) atoms. The van der Waals surface area contributed by atoms with Crippen molar-refractivity contribution in [3.8, 4) is 0 Å². The fourth-order valence-electron chi connectivity index (χ4n) is 3.62. The van der Waals surface area contributed by atoms with E-state index in [1.54, 1.807) is 0 Å². The number of nitrogens with zero attached hydrogens (tertiary/aromatic N) is 3. The molecule has 0 unspecified atom stereocenters. The summed E-state index contributed by atoms with van der Waals surface area (Å²) in [7, 11) is -1.65. The minimum Gasteiger partial charge on any atom is -0.340 e. The first-order valence-electron chi connectivity index (χ1n) is 10.4. The summed E-state index contributed by atoms with van der Waals surface area (Å²) in [6.45, 7) is 8.13. The zero-order valence-corrected chi connectivity index (χ0v) is 21.2. The quantitative estimate of drug-likeness (QED) is 0.413. The third-order valence-electron chi connectivity index (χ3n) is 5.60. The van der Waals surface area contributed by atoms with Gasteiger partial charge in [-0.2, -0.15) is 26.3 Å². The topological polar surface area (TPSA) is 74.0 Å². The van der Waals surface area contributed by atoms with Crippen molar-refractivity contribution in [3.63, 3.8) is 0 Å². The first kappa shape index (κ1) is 29.1. The largest absolute Gasteiger partial charge is 0.431 e. The lowest BCUT2D eigenvalue weighted by atomic mass is 10.2. The highest BCUT2D eigenvalue weighted by molar-refractivity contribution is 7.95. The summed E-state index contributed by atoms with van der Waals surface area (Å²) in [6.07, 6.45) is -7.71. The van der Waals surface area contributed by atoms with E-state index in [0.717, 1.165) is 42.2 Å². The van der Waals surface area contributed by atoms with Crippen LogP contribution in [0.15, 0.2) is 16.5 Å². The predicted octanol–water partition coefficient (Wildman–Crippen LogP) is 4.00. The zero-order valence-electron chi connectivity index (χ0n) is 20.4. The van der Waals surface area contributed by atoms with Crippen molar-refractivity contribution in [1.29, 1.82) is 0 Å². The van der Waals surface area contributed by atoms with Crippen molar-refractivity contribution in [2.24, 2.45) is 14.1 Å². The van der Waals surface area contributed by atoms with E-state index in [9.17, 15) is 39.6 Å². The van der Waals surface area contributed by atoms with Crippen LogP contribution in [-0.4, -0.2) is 40.2 Å². The Kier molecular flexibility index (Phi) is 7.90. The first-order chi connectivity index (χ1) is 16.2. The lowest BCUT2D eigenvalue weighted by molar-refractivity contribution is -0.143. The Morgan fingerprint density at radius 1 is 1.08 bits per heavy atom. The highest BCUT2D eigenvalue weighted by Crippen LogP contribution is 2.31. The molecule has 0 saturated heterocycles. The van der Waals surface area contributed by atoms with Gasteiger partial charge in [0, 0.05) is 37.5 Å². The Bertz CT molecular complexity index is 1490. The Morgan fingerprint density at radius 3 is 2.06 bits per heavy atom. The zero-order chi connectivity index (χ0) is 28.0. The minimum atomic E-state index is -4.72. The fraction of sp³-hybridized carbons (Fsp3) is 0.391. The molecule has 2 aromatic heterocycles. The molecular formula is C23H25F6N3O3S. The monoisotopic (exact) mass is 537 g/mol. The molecule has 0 amide bonds. The molecule has 2 rings (SSSR count). The Balaban J connectivity index is 3.00. The summed E-state index contributed by atoms with van der Waals surface area (Å²) < 4.78 is 107. The second kappa shape index (κ2) is 9.75. The third kappa shape index (κ3) is 5.66. The lowest BCUT2D eigenvalue weighted by Crippen LogP contribution is -2.29. The maximum absolute atomic E-state index is 13.3. The van der Waals surface area contributed by atoms with E-state index < -0.39 is 49.9 Å². The Labute approximate surface area is 203 Å². The van der Waals surface area contributed by atoms with Crippen LogP contribution >= 0.6 is 0 Å². The molecule has 0 aromatic carbocycles. The molecule has 0 aliphatic rings. The van der Waals surface area contributed by atoms with Crippen molar-refractivity contribution in [2.75, 3.05) is 5.75 Å². The van der Waals surface area contributed by atoms with Crippen LogP contribution in [0, 0.1) is 0 Å². The number of sulfone groups is 1. The number of hydrogen-bond donors (Lipinski definition) is 0. The summed E-state index contributed by atoms with van der Waals surface area (Å²) >= 11 is 0. The lowest BCUT2D eigenvalue weighted by Gasteiger charge is -2.11. The van der Waals surface area contributed by atoms with Crippen molar-refractivity contribution in [1.82, 2.24) is 14.1 Å². The molecule has 0 aliphatic carbocycles. The molecular weight excluding hydrogens is 512 g/mol. The number of Topliss-reactive ketones (excluding diaryl/α,β-unsaturated/α-hetero) is 1. The summed E-state index contributed by atoms with van der Waals surface area (Å²) in [4.78, 5) is 15.9. The second-order valence-electron chi connectivity index (χ2n) is 8.14. The van der Waals surface area contributed by atoms with E-state index >= 15 is 0 Å². The smallest absolute Gasteiger partial charge is 0.340 e. The second-order valence-corrected chi connectivity index (χ2v) is 10.4. The van der Waals surface area contributed by atoms with Gasteiger partial charge >= 0.3 is 12.4 Å². The van der Waals surface area contributed by atoms with Gasteiger partial charge in [-0.1, -0.05) is 13.5 Å². The number of rotatable bonds is 6. The van der Waals surface area contributed by atoms with Gasteiger partial charge in [-0.05, 0) is 37.3 Å². The number of aromatic nitrogens is 3. The van der Waals surface area contributed by atoms with E-state index in [2.05, 4.69) is 11.6 Å². The summed E-state index contributed by atoms with van der Waals surface area (Å²) in [6, 6.07) is 0.773. The first-order valence-corrected chi connectivity index (χ1v) is 12.1.